The maximum absolute atomic E-state index is 12.7. The second-order valence-corrected chi connectivity index (χ2v) is 5.14. The maximum Gasteiger partial charge on any atom is 0.419 e. The molecule has 2 nitrogen and oxygen atoms in total. The van der Waals surface area contributed by atoms with Gasteiger partial charge in [0.1, 0.15) is 5.82 Å². The lowest BCUT2D eigenvalue weighted by molar-refractivity contribution is -0.137. The van der Waals surface area contributed by atoms with Crippen LogP contribution in [0.1, 0.15) is 24.8 Å². The van der Waals surface area contributed by atoms with Crippen LogP contribution >= 0.6 is 15.9 Å². The van der Waals surface area contributed by atoms with Crippen molar-refractivity contribution in [2.75, 3.05) is 11.9 Å². The molecule has 0 amide bonds. The average molecular weight is 309 g/mol. The largest absolute Gasteiger partial charge is 0.419 e. The number of nitrogens with zero attached hydrogens (tertiary/aromatic N) is 1. The van der Waals surface area contributed by atoms with E-state index in [0.717, 1.165) is 18.9 Å². The quantitative estimate of drug-likeness (QED) is 0.910. The van der Waals surface area contributed by atoms with Crippen LogP contribution in [-0.4, -0.2) is 11.5 Å². The molecule has 1 heterocycles. The van der Waals surface area contributed by atoms with Gasteiger partial charge in [-0.2, -0.15) is 13.2 Å². The highest BCUT2D eigenvalue weighted by Crippen LogP contribution is 2.36. The zero-order chi connectivity index (χ0) is 12.5. The molecule has 0 saturated heterocycles. The standard InChI is InChI=1S/C11H12BrF3N2/c12-8-4-9(11(13,14)15)10(17-6-8)16-5-7-2-1-3-7/h4,6-7H,1-3,5H2,(H,16,17). The predicted octanol–water partition coefficient (Wildman–Crippen LogP) is 4.07. The van der Waals surface area contributed by atoms with E-state index < -0.39 is 11.7 Å². The highest BCUT2D eigenvalue weighted by molar-refractivity contribution is 9.10. The van der Waals surface area contributed by atoms with Crippen LogP contribution in [0, 0.1) is 5.92 Å². The van der Waals surface area contributed by atoms with E-state index in [-0.39, 0.29) is 5.82 Å². The minimum absolute atomic E-state index is 0.0763. The SMILES string of the molecule is FC(F)(F)c1cc(Br)cnc1NCC1CCC1. The molecule has 1 N–H and O–H groups in total. The van der Waals surface area contributed by atoms with E-state index in [1.165, 1.54) is 12.6 Å². The summed E-state index contributed by atoms with van der Waals surface area (Å²) in [5.41, 5.74) is -0.716. The first-order valence-corrected chi connectivity index (χ1v) is 6.23. The Balaban J connectivity index is 2.13. The van der Waals surface area contributed by atoms with Crippen molar-refractivity contribution in [3.63, 3.8) is 0 Å². The third-order valence-electron chi connectivity index (χ3n) is 2.94. The third kappa shape index (κ3) is 3.12. The van der Waals surface area contributed by atoms with Gasteiger partial charge in [0, 0.05) is 17.2 Å². The molecule has 94 valence electrons. The summed E-state index contributed by atoms with van der Waals surface area (Å²) in [4.78, 5) is 3.80. The second kappa shape index (κ2) is 4.84. The Morgan fingerprint density at radius 2 is 2.12 bits per heavy atom. The molecule has 0 aromatic carbocycles. The second-order valence-electron chi connectivity index (χ2n) is 4.23. The number of pyridine rings is 1. The monoisotopic (exact) mass is 308 g/mol. The molecular weight excluding hydrogens is 297 g/mol. The summed E-state index contributed by atoms with van der Waals surface area (Å²) in [6, 6.07) is 1.05. The van der Waals surface area contributed by atoms with E-state index >= 15 is 0 Å². The first-order chi connectivity index (χ1) is 7.97. The van der Waals surface area contributed by atoms with E-state index in [1.807, 2.05) is 0 Å². The molecule has 17 heavy (non-hydrogen) atoms. The van der Waals surface area contributed by atoms with Crippen LogP contribution in [0.5, 0.6) is 0 Å². The van der Waals surface area contributed by atoms with Crippen molar-refractivity contribution in [2.24, 2.45) is 5.92 Å². The molecule has 1 saturated carbocycles. The van der Waals surface area contributed by atoms with Crippen molar-refractivity contribution in [3.8, 4) is 0 Å². The number of aromatic nitrogens is 1. The smallest absolute Gasteiger partial charge is 0.369 e. The molecule has 1 aliphatic carbocycles. The molecule has 0 unspecified atom stereocenters. The minimum Gasteiger partial charge on any atom is -0.369 e. The van der Waals surface area contributed by atoms with Gasteiger partial charge in [-0.05, 0) is 40.8 Å². The third-order valence-corrected chi connectivity index (χ3v) is 3.38. The van der Waals surface area contributed by atoms with Gasteiger partial charge in [-0.25, -0.2) is 4.98 Å². The molecule has 0 atom stereocenters. The van der Waals surface area contributed by atoms with Gasteiger partial charge in [-0.3, -0.25) is 0 Å². The van der Waals surface area contributed by atoms with Crippen molar-refractivity contribution in [2.45, 2.75) is 25.4 Å². The van der Waals surface area contributed by atoms with Crippen molar-refractivity contribution in [1.29, 1.82) is 0 Å². The van der Waals surface area contributed by atoms with Crippen molar-refractivity contribution < 1.29 is 13.2 Å². The fourth-order valence-electron chi connectivity index (χ4n) is 1.73. The van der Waals surface area contributed by atoms with Crippen molar-refractivity contribution in [3.05, 3.63) is 22.3 Å². The number of anilines is 1. The topological polar surface area (TPSA) is 24.9 Å². The summed E-state index contributed by atoms with van der Waals surface area (Å²) in [5.74, 6) is 0.411. The maximum atomic E-state index is 12.7. The zero-order valence-corrected chi connectivity index (χ0v) is 10.6. The molecule has 1 aromatic heterocycles. The molecule has 0 bridgehead atoms. The van der Waals surface area contributed by atoms with Gasteiger partial charge in [0.2, 0.25) is 0 Å². The van der Waals surface area contributed by atoms with E-state index in [2.05, 4.69) is 26.2 Å². The van der Waals surface area contributed by atoms with Crippen LogP contribution < -0.4 is 5.32 Å². The van der Waals surface area contributed by atoms with Crippen molar-refractivity contribution in [1.82, 2.24) is 4.98 Å². The molecule has 1 fully saturated rings. The summed E-state index contributed by atoms with van der Waals surface area (Å²) >= 11 is 3.00. The molecular formula is C11H12BrF3N2. The molecule has 0 spiro atoms. The number of rotatable bonds is 3. The summed E-state index contributed by atoms with van der Waals surface area (Å²) in [6.45, 7) is 0.567. The van der Waals surface area contributed by atoms with Crippen LogP contribution in [0.4, 0.5) is 19.0 Å². The van der Waals surface area contributed by atoms with Crippen LogP contribution in [0.25, 0.3) is 0 Å². The van der Waals surface area contributed by atoms with Gasteiger partial charge in [0.25, 0.3) is 0 Å². The molecule has 0 aliphatic heterocycles. The van der Waals surface area contributed by atoms with Crippen LogP contribution in [-0.2, 0) is 6.18 Å². The van der Waals surface area contributed by atoms with Gasteiger partial charge >= 0.3 is 6.18 Å². The number of hydrogen-bond donors (Lipinski definition) is 1. The molecule has 1 aromatic rings. The van der Waals surface area contributed by atoms with Crippen molar-refractivity contribution >= 4 is 21.7 Å². The number of halogens is 4. The Morgan fingerprint density at radius 3 is 2.65 bits per heavy atom. The Labute approximate surface area is 106 Å². The summed E-state index contributed by atoms with van der Waals surface area (Å²) < 4.78 is 38.6. The predicted molar refractivity (Wildman–Crippen MR) is 62.8 cm³/mol. The van der Waals surface area contributed by atoms with E-state index in [1.54, 1.807) is 0 Å². The van der Waals surface area contributed by atoms with E-state index in [4.69, 9.17) is 0 Å². The first kappa shape index (κ1) is 12.7. The number of nitrogens with one attached hydrogen (secondary N) is 1. The summed E-state index contributed by atoms with van der Waals surface area (Å²) in [5, 5.41) is 2.80. The Kier molecular flexibility index (Phi) is 3.61. The normalized spacial score (nSPS) is 16.7. The molecule has 2 rings (SSSR count). The molecule has 0 radical (unpaired) electrons. The van der Waals surface area contributed by atoms with E-state index in [0.29, 0.717) is 16.9 Å². The lowest BCUT2D eigenvalue weighted by atomic mass is 9.85. The Hall–Kier alpha value is -0.780. The Morgan fingerprint density at radius 1 is 1.41 bits per heavy atom. The van der Waals surface area contributed by atoms with Crippen LogP contribution in [0.15, 0.2) is 16.7 Å². The van der Waals surface area contributed by atoms with Gasteiger partial charge in [0.15, 0.2) is 0 Å². The van der Waals surface area contributed by atoms with Gasteiger partial charge in [0.05, 0.1) is 5.56 Å². The first-order valence-electron chi connectivity index (χ1n) is 5.43. The van der Waals surface area contributed by atoms with Crippen LogP contribution in [0.2, 0.25) is 0 Å². The minimum atomic E-state index is -4.38. The lowest BCUT2D eigenvalue weighted by Crippen LogP contribution is -2.23. The summed E-state index contributed by atoms with van der Waals surface area (Å²) in [6.07, 6.45) is 0.346. The van der Waals surface area contributed by atoms with Gasteiger partial charge in [-0.15, -0.1) is 0 Å². The van der Waals surface area contributed by atoms with Gasteiger partial charge in [-0.1, -0.05) is 6.42 Å². The number of hydrogen-bond acceptors (Lipinski definition) is 2. The highest BCUT2D eigenvalue weighted by atomic mass is 79.9. The van der Waals surface area contributed by atoms with E-state index in [9.17, 15) is 13.2 Å². The highest BCUT2D eigenvalue weighted by Gasteiger charge is 2.34. The molecule has 6 heteroatoms. The van der Waals surface area contributed by atoms with Gasteiger partial charge < -0.3 is 5.32 Å². The lowest BCUT2D eigenvalue weighted by Gasteiger charge is -2.26. The fraction of sp³-hybridized carbons (Fsp3) is 0.545. The number of alkyl halides is 3. The average Bonchev–Trinajstić information content (AvgIpc) is 2.16. The fourth-order valence-corrected chi connectivity index (χ4v) is 2.07. The van der Waals surface area contributed by atoms with Crippen LogP contribution in [0.3, 0.4) is 0 Å². The molecule has 1 aliphatic rings. The summed E-state index contributed by atoms with van der Waals surface area (Å²) in [7, 11) is 0. The Bertz CT molecular complexity index is 402. The zero-order valence-electron chi connectivity index (χ0n) is 9.02.